The quantitative estimate of drug-likeness (QED) is 0.667. The molecule has 0 spiro atoms. The third-order valence-corrected chi connectivity index (χ3v) is 5.26. The zero-order chi connectivity index (χ0) is 20.6. The van der Waals surface area contributed by atoms with Gasteiger partial charge in [-0.25, -0.2) is 4.39 Å². The standard InChI is InChI=1S/C24H20FNO3/c1-16-9-11-18(12-10-16)22(27)14-24(29)20-7-2-3-8-21(20)26(23(24)28)15-17-5-4-6-19(25)13-17/h2-13,29H,14-15H2,1H3/t24-/m1/s1. The van der Waals surface area contributed by atoms with E-state index in [4.69, 9.17) is 0 Å². The van der Waals surface area contributed by atoms with E-state index in [1.165, 1.54) is 17.0 Å². The third kappa shape index (κ3) is 3.45. The number of amides is 1. The molecule has 1 amide bonds. The number of halogens is 1. The zero-order valence-corrected chi connectivity index (χ0v) is 15.9. The average Bonchev–Trinajstić information content (AvgIpc) is 2.91. The van der Waals surface area contributed by atoms with E-state index >= 15 is 0 Å². The molecule has 29 heavy (non-hydrogen) atoms. The monoisotopic (exact) mass is 389 g/mol. The van der Waals surface area contributed by atoms with E-state index in [1.54, 1.807) is 48.5 Å². The molecule has 1 aliphatic rings. The first-order chi connectivity index (χ1) is 13.9. The lowest BCUT2D eigenvalue weighted by atomic mass is 9.88. The molecule has 3 aromatic rings. The minimum atomic E-state index is -1.95. The lowest BCUT2D eigenvalue weighted by Crippen LogP contribution is -2.41. The summed E-state index contributed by atoms with van der Waals surface area (Å²) in [6, 6.07) is 19.9. The van der Waals surface area contributed by atoms with Crippen molar-refractivity contribution < 1.29 is 19.1 Å². The Labute approximate surface area is 168 Å². The third-order valence-electron chi connectivity index (χ3n) is 5.26. The molecular formula is C24H20FNO3. The first-order valence-corrected chi connectivity index (χ1v) is 9.37. The Hall–Kier alpha value is -3.31. The van der Waals surface area contributed by atoms with Gasteiger partial charge in [0.1, 0.15) is 5.82 Å². The Morgan fingerprint density at radius 2 is 1.76 bits per heavy atom. The van der Waals surface area contributed by atoms with Crippen LogP contribution >= 0.6 is 0 Å². The normalized spacial score (nSPS) is 18.0. The molecular weight excluding hydrogens is 369 g/mol. The molecule has 0 fully saturated rings. The highest BCUT2D eigenvalue weighted by atomic mass is 19.1. The van der Waals surface area contributed by atoms with E-state index in [0.717, 1.165) is 5.56 Å². The Morgan fingerprint density at radius 3 is 2.48 bits per heavy atom. The van der Waals surface area contributed by atoms with Gasteiger partial charge in [0.05, 0.1) is 18.7 Å². The van der Waals surface area contributed by atoms with Crippen LogP contribution in [0, 0.1) is 12.7 Å². The average molecular weight is 389 g/mol. The highest BCUT2D eigenvalue weighted by Crippen LogP contribution is 2.43. The van der Waals surface area contributed by atoms with Gasteiger partial charge < -0.3 is 10.0 Å². The number of benzene rings is 3. The second kappa shape index (κ2) is 7.26. The van der Waals surface area contributed by atoms with Gasteiger partial charge >= 0.3 is 0 Å². The van der Waals surface area contributed by atoms with Gasteiger partial charge in [-0.2, -0.15) is 0 Å². The minimum absolute atomic E-state index is 0.106. The lowest BCUT2D eigenvalue weighted by Gasteiger charge is -2.23. The number of Topliss-reactive ketones (excluding diaryl/α,β-unsaturated/α-hetero) is 1. The number of carbonyl (C=O) groups is 2. The molecule has 1 atom stereocenters. The van der Waals surface area contributed by atoms with E-state index < -0.39 is 17.3 Å². The van der Waals surface area contributed by atoms with Crippen LogP contribution in [-0.4, -0.2) is 16.8 Å². The van der Waals surface area contributed by atoms with Gasteiger partial charge in [-0.3, -0.25) is 9.59 Å². The molecule has 146 valence electrons. The lowest BCUT2D eigenvalue weighted by molar-refractivity contribution is -0.136. The predicted octanol–water partition coefficient (Wildman–Crippen LogP) is 4.14. The number of ketones is 1. The van der Waals surface area contributed by atoms with Crippen molar-refractivity contribution in [3.63, 3.8) is 0 Å². The number of hydrogen-bond acceptors (Lipinski definition) is 3. The number of aryl methyl sites for hydroxylation is 1. The van der Waals surface area contributed by atoms with Crippen LogP contribution in [0.5, 0.6) is 0 Å². The van der Waals surface area contributed by atoms with Gasteiger partial charge in [0.15, 0.2) is 11.4 Å². The Morgan fingerprint density at radius 1 is 1.03 bits per heavy atom. The van der Waals surface area contributed by atoms with Crippen molar-refractivity contribution in [2.24, 2.45) is 0 Å². The van der Waals surface area contributed by atoms with Crippen LogP contribution in [0.4, 0.5) is 10.1 Å². The maximum absolute atomic E-state index is 13.6. The van der Waals surface area contributed by atoms with Crippen molar-refractivity contribution in [2.75, 3.05) is 4.90 Å². The maximum atomic E-state index is 13.6. The van der Waals surface area contributed by atoms with Gasteiger partial charge in [0.25, 0.3) is 5.91 Å². The van der Waals surface area contributed by atoms with Crippen LogP contribution in [-0.2, 0) is 16.9 Å². The summed E-state index contributed by atoms with van der Waals surface area (Å²) in [6.07, 6.45) is -0.356. The summed E-state index contributed by atoms with van der Waals surface area (Å²) in [5.74, 6) is -1.29. The van der Waals surface area contributed by atoms with Gasteiger partial charge in [0.2, 0.25) is 0 Å². The molecule has 0 unspecified atom stereocenters. The molecule has 1 aliphatic heterocycles. The van der Waals surface area contributed by atoms with Crippen molar-refractivity contribution in [2.45, 2.75) is 25.5 Å². The summed E-state index contributed by atoms with van der Waals surface area (Å²) in [5, 5.41) is 11.3. The topological polar surface area (TPSA) is 57.6 Å². The summed E-state index contributed by atoms with van der Waals surface area (Å²) < 4.78 is 13.6. The molecule has 0 saturated carbocycles. The number of nitrogens with zero attached hydrogens (tertiary/aromatic N) is 1. The van der Waals surface area contributed by atoms with Gasteiger partial charge in [-0.05, 0) is 30.7 Å². The molecule has 0 aromatic heterocycles. The van der Waals surface area contributed by atoms with Crippen LogP contribution in [0.15, 0.2) is 72.8 Å². The van der Waals surface area contributed by atoms with Gasteiger partial charge in [-0.1, -0.05) is 60.2 Å². The molecule has 5 heteroatoms. The first kappa shape index (κ1) is 19.0. The molecule has 1 N–H and O–H groups in total. The maximum Gasteiger partial charge on any atom is 0.264 e. The molecule has 3 aromatic carbocycles. The van der Waals surface area contributed by atoms with E-state index in [1.807, 2.05) is 19.1 Å². The molecule has 0 bridgehead atoms. The van der Waals surface area contributed by atoms with E-state index in [0.29, 0.717) is 22.4 Å². The van der Waals surface area contributed by atoms with Crippen LogP contribution in [0.25, 0.3) is 0 Å². The Bertz CT molecular complexity index is 1090. The van der Waals surface area contributed by atoms with E-state index in [2.05, 4.69) is 0 Å². The number of aliphatic hydroxyl groups is 1. The number of rotatable bonds is 5. The molecule has 1 heterocycles. The number of para-hydroxylation sites is 1. The van der Waals surface area contributed by atoms with Gasteiger partial charge in [-0.15, -0.1) is 0 Å². The van der Waals surface area contributed by atoms with Crippen molar-refractivity contribution in [1.29, 1.82) is 0 Å². The molecule has 0 radical (unpaired) electrons. The SMILES string of the molecule is Cc1ccc(C(=O)C[C@]2(O)C(=O)N(Cc3cccc(F)c3)c3ccccc32)cc1. The van der Waals surface area contributed by atoms with Crippen molar-refractivity contribution in [3.05, 3.63) is 101 Å². The van der Waals surface area contributed by atoms with Crippen molar-refractivity contribution in [3.8, 4) is 0 Å². The smallest absolute Gasteiger partial charge is 0.264 e. The fourth-order valence-electron chi connectivity index (χ4n) is 3.73. The minimum Gasteiger partial charge on any atom is -0.375 e. The Balaban J connectivity index is 1.67. The van der Waals surface area contributed by atoms with Crippen LogP contribution in [0.1, 0.15) is 33.5 Å². The van der Waals surface area contributed by atoms with Gasteiger partial charge in [0, 0.05) is 11.1 Å². The van der Waals surface area contributed by atoms with Crippen LogP contribution in [0.3, 0.4) is 0 Å². The zero-order valence-electron chi connectivity index (χ0n) is 15.9. The number of hydrogen-bond donors (Lipinski definition) is 1. The molecule has 0 saturated heterocycles. The second-order valence-corrected chi connectivity index (χ2v) is 7.36. The number of anilines is 1. The number of fused-ring (bicyclic) bond motifs is 1. The van der Waals surface area contributed by atoms with Crippen molar-refractivity contribution in [1.82, 2.24) is 0 Å². The second-order valence-electron chi connectivity index (χ2n) is 7.36. The fraction of sp³-hybridized carbons (Fsp3) is 0.167. The summed E-state index contributed by atoms with van der Waals surface area (Å²) in [5.41, 5.74) is 1.03. The first-order valence-electron chi connectivity index (χ1n) is 9.37. The number of carbonyl (C=O) groups excluding carboxylic acids is 2. The summed E-state index contributed by atoms with van der Waals surface area (Å²) in [6.45, 7) is 2.03. The molecule has 4 nitrogen and oxygen atoms in total. The van der Waals surface area contributed by atoms with E-state index in [9.17, 15) is 19.1 Å². The summed E-state index contributed by atoms with van der Waals surface area (Å²) >= 11 is 0. The van der Waals surface area contributed by atoms with Crippen LogP contribution < -0.4 is 4.90 Å². The summed E-state index contributed by atoms with van der Waals surface area (Å²) in [4.78, 5) is 27.4. The Kier molecular flexibility index (Phi) is 4.76. The highest BCUT2D eigenvalue weighted by molar-refractivity contribution is 6.10. The molecule has 4 rings (SSSR count). The predicted molar refractivity (Wildman–Crippen MR) is 108 cm³/mol. The highest BCUT2D eigenvalue weighted by Gasteiger charge is 2.50. The van der Waals surface area contributed by atoms with Crippen LogP contribution in [0.2, 0.25) is 0 Å². The van der Waals surface area contributed by atoms with E-state index in [-0.39, 0.29) is 18.7 Å². The van der Waals surface area contributed by atoms with Crippen molar-refractivity contribution >= 4 is 17.4 Å². The fourth-order valence-corrected chi connectivity index (χ4v) is 3.73. The largest absolute Gasteiger partial charge is 0.375 e. The molecule has 0 aliphatic carbocycles. The summed E-state index contributed by atoms with van der Waals surface area (Å²) in [7, 11) is 0.